The third-order valence-corrected chi connectivity index (χ3v) is 6.39. The number of halogens is 1. The highest BCUT2D eigenvalue weighted by Crippen LogP contribution is 2.24. The monoisotopic (exact) mass is 439 g/mol. The van der Waals surface area contributed by atoms with Crippen LogP contribution in [0.5, 0.6) is 5.75 Å². The Morgan fingerprint density at radius 3 is 2.83 bits per heavy atom. The van der Waals surface area contributed by atoms with E-state index in [1.165, 1.54) is 18.2 Å². The summed E-state index contributed by atoms with van der Waals surface area (Å²) in [6, 6.07) is 11.1. The van der Waals surface area contributed by atoms with Crippen molar-refractivity contribution in [3.8, 4) is 5.75 Å². The van der Waals surface area contributed by atoms with Crippen LogP contribution < -0.4 is 9.46 Å². The number of rotatable bonds is 8. The SMILES string of the molecule is COc1cccc(COC(=O)c2ccc(Cl)c(S(=O)(=O)NCC3CCCO3)c2)c1. The molecular formula is C20H22ClNO6S. The van der Waals surface area contributed by atoms with E-state index in [0.717, 1.165) is 18.4 Å². The van der Waals surface area contributed by atoms with Crippen molar-refractivity contribution >= 4 is 27.6 Å². The fourth-order valence-corrected chi connectivity index (χ4v) is 4.51. The zero-order valence-corrected chi connectivity index (χ0v) is 17.5. The second-order valence-corrected chi connectivity index (χ2v) is 8.70. The number of carbonyl (C=O) groups is 1. The van der Waals surface area contributed by atoms with Gasteiger partial charge in [0.2, 0.25) is 10.0 Å². The van der Waals surface area contributed by atoms with Crippen molar-refractivity contribution < 1.29 is 27.4 Å². The average Bonchev–Trinajstić information content (AvgIpc) is 3.25. The molecule has 1 atom stereocenters. The third-order valence-electron chi connectivity index (χ3n) is 4.49. The van der Waals surface area contributed by atoms with E-state index in [4.69, 9.17) is 25.8 Å². The van der Waals surface area contributed by atoms with Crippen molar-refractivity contribution in [3.05, 3.63) is 58.6 Å². The number of esters is 1. The van der Waals surface area contributed by atoms with Gasteiger partial charge in [-0.1, -0.05) is 23.7 Å². The predicted octanol–water partition coefficient (Wildman–Crippen LogP) is 3.16. The molecule has 1 N–H and O–H groups in total. The minimum absolute atomic E-state index is 0.0224. The van der Waals surface area contributed by atoms with Crippen LogP contribution in [0.3, 0.4) is 0 Å². The minimum atomic E-state index is -3.90. The molecule has 1 fully saturated rings. The van der Waals surface area contributed by atoms with Gasteiger partial charge in [-0.15, -0.1) is 0 Å². The highest BCUT2D eigenvalue weighted by atomic mass is 35.5. The van der Waals surface area contributed by atoms with Crippen LogP contribution in [0.25, 0.3) is 0 Å². The van der Waals surface area contributed by atoms with E-state index in [-0.39, 0.29) is 34.7 Å². The van der Waals surface area contributed by atoms with E-state index in [9.17, 15) is 13.2 Å². The van der Waals surface area contributed by atoms with E-state index in [1.807, 2.05) is 0 Å². The van der Waals surface area contributed by atoms with Gasteiger partial charge in [0.15, 0.2) is 0 Å². The van der Waals surface area contributed by atoms with Crippen molar-refractivity contribution in [2.24, 2.45) is 0 Å². The van der Waals surface area contributed by atoms with Crippen LogP contribution in [0.1, 0.15) is 28.8 Å². The second kappa shape index (κ2) is 9.58. The third kappa shape index (κ3) is 5.70. The van der Waals surface area contributed by atoms with Gasteiger partial charge < -0.3 is 14.2 Å². The lowest BCUT2D eigenvalue weighted by molar-refractivity contribution is 0.0472. The summed E-state index contributed by atoms with van der Waals surface area (Å²) < 4.78 is 43.6. The van der Waals surface area contributed by atoms with Gasteiger partial charge in [0, 0.05) is 13.2 Å². The molecule has 2 aromatic carbocycles. The van der Waals surface area contributed by atoms with Gasteiger partial charge >= 0.3 is 5.97 Å². The van der Waals surface area contributed by atoms with E-state index in [0.29, 0.717) is 12.4 Å². The van der Waals surface area contributed by atoms with Gasteiger partial charge in [-0.05, 0) is 48.7 Å². The Labute approximate surface area is 175 Å². The Balaban J connectivity index is 1.69. The quantitative estimate of drug-likeness (QED) is 0.635. The number of hydrogen-bond acceptors (Lipinski definition) is 6. The van der Waals surface area contributed by atoms with E-state index >= 15 is 0 Å². The zero-order chi connectivity index (χ0) is 20.9. The maximum absolute atomic E-state index is 12.6. The number of sulfonamides is 1. The molecule has 0 aliphatic carbocycles. The molecule has 1 aliphatic rings. The summed E-state index contributed by atoms with van der Waals surface area (Å²) in [6.07, 6.45) is 1.55. The van der Waals surface area contributed by atoms with Gasteiger partial charge in [0.05, 0.1) is 23.8 Å². The normalized spacial score (nSPS) is 16.6. The minimum Gasteiger partial charge on any atom is -0.497 e. The van der Waals surface area contributed by atoms with Crippen LogP contribution in [0, 0.1) is 0 Å². The molecule has 9 heteroatoms. The van der Waals surface area contributed by atoms with Crippen LogP contribution in [0.4, 0.5) is 0 Å². The lowest BCUT2D eigenvalue weighted by Crippen LogP contribution is -2.32. The first-order valence-corrected chi connectivity index (χ1v) is 11.0. The average molecular weight is 440 g/mol. The Morgan fingerprint density at radius 1 is 1.28 bits per heavy atom. The smallest absolute Gasteiger partial charge is 0.338 e. The molecule has 2 aromatic rings. The molecule has 1 heterocycles. The van der Waals surface area contributed by atoms with Gasteiger partial charge in [-0.25, -0.2) is 17.9 Å². The Hall–Kier alpha value is -2.13. The number of hydrogen-bond donors (Lipinski definition) is 1. The molecule has 0 saturated carbocycles. The highest BCUT2D eigenvalue weighted by Gasteiger charge is 2.23. The van der Waals surface area contributed by atoms with Gasteiger partial charge in [0.25, 0.3) is 0 Å². The number of ether oxygens (including phenoxy) is 3. The summed E-state index contributed by atoms with van der Waals surface area (Å²) >= 11 is 6.07. The first-order chi connectivity index (χ1) is 13.9. The predicted molar refractivity (Wildman–Crippen MR) is 108 cm³/mol. The molecule has 3 rings (SSSR count). The summed E-state index contributed by atoms with van der Waals surface area (Å²) in [5, 5.41) is 0.0224. The summed E-state index contributed by atoms with van der Waals surface area (Å²) in [5.41, 5.74) is 0.840. The molecule has 29 heavy (non-hydrogen) atoms. The van der Waals surface area contributed by atoms with Gasteiger partial charge in [-0.3, -0.25) is 0 Å². The molecule has 0 aromatic heterocycles. The lowest BCUT2D eigenvalue weighted by atomic mass is 10.2. The van der Waals surface area contributed by atoms with Crippen LogP contribution in [0.15, 0.2) is 47.4 Å². The number of benzene rings is 2. The topological polar surface area (TPSA) is 90.9 Å². The summed E-state index contributed by atoms with van der Waals surface area (Å²) in [7, 11) is -2.35. The first-order valence-electron chi connectivity index (χ1n) is 9.10. The second-order valence-electron chi connectivity index (χ2n) is 6.56. The number of carbonyl (C=O) groups excluding carboxylic acids is 1. The Morgan fingerprint density at radius 2 is 2.10 bits per heavy atom. The van der Waals surface area contributed by atoms with Gasteiger partial charge in [0.1, 0.15) is 17.3 Å². The van der Waals surface area contributed by atoms with Crippen LogP contribution in [-0.2, 0) is 26.1 Å². The molecule has 1 aliphatic heterocycles. The largest absolute Gasteiger partial charge is 0.497 e. The van der Waals surface area contributed by atoms with Crippen molar-refractivity contribution in [3.63, 3.8) is 0 Å². The fraction of sp³-hybridized carbons (Fsp3) is 0.350. The summed E-state index contributed by atoms with van der Waals surface area (Å²) in [5.74, 6) is -0.00389. The standard InChI is InChI=1S/C20H22ClNO6S/c1-26-16-5-2-4-14(10-16)13-28-20(23)15-7-8-18(21)19(11-15)29(24,25)22-12-17-6-3-9-27-17/h2,4-5,7-8,10-11,17,22H,3,6,9,12-13H2,1H3. The van der Waals surface area contributed by atoms with Crippen molar-refractivity contribution in [2.45, 2.75) is 30.4 Å². The summed E-state index contributed by atoms with van der Waals surface area (Å²) in [4.78, 5) is 12.2. The van der Waals surface area contributed by atoms with E-state index < -0.39 is 16.0 Å². The summed E-state index contributed by atoms with van der Waals surface area (Å²) in [6.45, 7) is 0.808. The molecule has 7 nitrogen and oxygen atoms in total. The lowest BCUT2D eigenvalue weighted by Gasteiger charge is -2.13. The molecule has 0 radical (unpaired) electrons. The Kier molecular flexibility index (Phi) is 7.13. The maximum Gasteiger partial charge on any atom is 0.338 e. The molecule has 156 valence electrons. The molecule has 0 spiro atoms. The molecular weight excluding hydrogens is 418 g/mol. The van der Waals surface area contributed by atoms with Crippen LogP contribution in [0.2, 0.25) is 5.02 Å². The van der Waals surface area contributed by atoms with Gasteiger partial charge in [-0.2, -0.15) is 0 Å². The van der Waals surface area contributed by atoms with Crippen LogP contribution in [-0.4, -0.2) is 40.8 Å². The van der Waals surface area contributed by atoms with E-state index in [1.54, 1.807) is 31.4 Å². The molecule has 1 saturated heterocycles. The van der Waals surface area contributed by atoms with Crippen molar-refractivity contribution in [2.75, 3.05) is 20.3 Å². The first kappa shape index (κ1) is 21.6. The molecule has 0 bridgehead atoms. The number of methoxy groups -OCH3 is 1. The number of nitrogens with one attached hydrogen (secondary N) is 1. The Bertz CT molecular complexity index is 973. The molecule has 0 amide bonds. The van der Waals surface area contributed by atoms with Crippen molar-refractivity contribution in [1.82, 2.24) is 4.72 Å². The van der Waals surface area contributed by atoms with Crippen molar-refractivity contribution in [1.29, 1.82) is 0 Å². The van der Waals surface area contributed by atoms with Crippen LogP contribution >= 0.6 is 11.6 Å². The fourth-order valence-electron chi connectivity index (χ4n) is 2.92. The zero-order valence-electron chi connectivity index (χ0n) is 15.9. The molecule has 1 unspecified atom stereocenters. The van der Waals surface area contributed by atoms with E-state index in [2.05, 4.69) is 4.72 Å². The maximum atomic E-state index is 12.6. The highest BCUT2D eigenvalue weighted by molar-refractivity contribution is 7.89.